The van der Waals surface area contributed by atoms with Crippen molar-refractivity contribution in [2.45, 2.75) is 17.8 Å². The lowest BCUT2D eigenvalue weighted by atomic mass is 9.67. The third kappa shape index (κ3) is 12.4. The fraction of sp³-hybridized carbons (Fsp3) is 0.0297. The van der Waals surface area contributed by atoms with E-state index < -0.39 is 34.1 Å². The smallest absolute Gasteiger partial charge is 0.159 e. The maximum Gasteiger partial charge on any atom is 0.159 e. The number of nitrogens with zero attached hydrogens (tertiary/aromatic N) is 2. The van der Waals surface area contributed by atoms with E-state index in [1.165, 1.54) is 36.4 Å². The molecule has 16 aromatic rings. The summed E-state index contributed by atoms with van der Waals surface area (Å²) in [7, 11) is 0. The summed E-state index contributed by atoms with van der Waals surface area (Å²) in [5.74, 6) is -1.75. The van der Waals surface area contributed by atoms with Gasteiger partial charge in [-0.1, -0.05) is 212 Å². The van der Waals surface area contributed by atoms with Crippen molar-refractivity contribution in [2.75, 3.05) is 9.80 Å². The van der Waals surface area contributed by atoms with Gasteiger partial charge >= 0.3 is 0 Å². The van der Waals surface area contributed by atoms with E-state index in [-0.39, 0.29) is 11.6 Å². The highest BCUT2D eigenvalue weighted by Crippen LogP contribution is 2.60. The molecule has 0 aliphatic heterocycles. The van der Waals surface area contributed by atoms with Gasteiger partial charge in [-0.15, -0.1) is 0 Å². The molecule has 18 rings (SSSR count). The van der Waals surface area contributed by atoms with Gasteiger partial charge in [-0.3, -0.25) is 0 Å². The molecule has 16 aromatic carbocycles. The van der Waals surface area contributed by atoms with Crippen LogP contribution >= 0.6 is 0 Å². The quantitative estimate of drug-likeness (QED) is 0.0800. The summed E-state index contributed by atoms with van der Waals surface area (Å²) in [5.41, 5.74) is 21.1. The van der Waals surface area contributed by atoms with Crippen LogP contribution in [0.4, 0.5) is 60.5 Å². The summed E-state index contributed by atoms with van der Waals surface area (Å²) in [6.07, 6.45) is 1.79. The van der Waals surface area contributed by atoms with Crippen LogP contribution in [0.25, 0.3) is 61.7 Å². The maximum atomic E-state index is 15.3. The van der Waals surface area contributed by atoms with E-state index in [4.69, 9.17) is 9.47 Å². The van der Waals surface area contributed by atoms with Crippen molar-refractivity contribution in [1.82, 2.24) is 0 Å². The number of fused-ring (bicyclic) bond motifs is 6. The Hall–Kier alpha value is -14.0. The molecular weight excluding hydrogens is 1390 g/mol. The Balaban J connectivity index is 0.742. The number of aryl methyl sites for hydroxylation is 1. The van der Waals surface area contributed by atoms with E-state index >= 15 is 8.78 Å². The Bertz CT molecular complexity index is 6160. The molecule has 2 aliphatic carbocycles. The number of hydrogen-bond acceptors (Lipinski definition) is 4. The molecule has 0 N–H and O–H groups in total. The van der Waals surface area contributed by atoms with Gasteiger partial charge in [0.2, 0.25) is 0 Å². The van der Waals surface area contributed by atoms with Crippen molar-refractivity contribution >= 4 is 40.2 Å². The molecule has 0 amide bonds. The predicted octanol–water partition coefficient (Wildman–Crippen LogP) is 27.7. The summed E-state index contributed by atoms with van der Waals surface area (Å²) in [4.78, 5) is 4.37. The monoisotopic (exact) mass is 1450 g/mol. The number of ether oxygens (including phenoxy) is 2. The van der Waals surface area contributed by atoms with E-state index in [1.807, 2.05) is 177 Å². The molecule has 534 valence electrons. The second-order valence-corrected chi connectivity index (χ2v) is 28.0. The van der Waals surface area contributed by atoms with Crippen LogP contribution in [0.2, 0.25) is 0 Å². The van der Waals surface area contributed by atoms with Crippen LogP contribution in [-0.4, -0.2) is 0 Å². The van der Waals surface area contributed by atoms with Gasteiger partial charge in [-0.25, -0.2) is 26.3 Å². The molecule has 0 saturated carbocycles. The molecule has 10 heteroatoms. The molecule has 2 atom stereocenters. The lowest BCUT2D eigenvalue weighted by molar-refractivity contribution is 0.482. The average Bonchev–Trinajstić information content (AvgIpc) is 1.55. The standard InChI is InChI=1S/C101H66F6N2O2/c1-3-65-14-50-85(51-15-65)111-87-54-32-75(33-55-87)101(73-28-36-77(103)37-29-73)93-11-7-5-9-89(93)91-57-47-83(63-95(91)101)109(81-44-22-69(23-45-81)71-25-59-97(105)99(107)61-71)79-40-18-67(19-41-79)66-16-38-78(39-17-66)108(80-42-20-68(21-43-80)70-24-58-96(104)98(106)60-70)82-46-56-90-88-8-4-6-10-92(88)100(94(90)62-82,72-26-34-76(102)35-27-72)74-30-52-86(53-31-74)110-84-48-12-64(2)13-49-84/h3-63H,1H2,2H3. The zero-order chi connectivity index (χ0) is 75.5. The average molecular weight is 1450 g/mol. The number of rotatable bonds is 18. The first-order chi connectivity index (χ1) is 54.3. The van der Waals surface area contributed by atoms with Crippen molar-refractivity contribution in [2.24, 2.45) is 0 Å². The van der Waals surface area contributed by atoms with E-state index in [1.54, 1.807) is 18.2 Å². The van der Waals surface area contributed by atoms with Crippen molar-refractivity contribution in [3.63, 3.8) is 0 Å². The Labute approximate surface area is 639 Å². The van der Waals surface area contributed by atoms with Crippen molar-refractivity contribution < 1.29 is 35.8 Å². The first-order valence-electron chi connectivity index (χ1n) is 36.6. The molecule has 4 nitrogen and oxygen atoms in total. The Morgan fingerprint density at radius 2 is 0.550 bits per heavy atom. The van der Waals surface area contributed by atoms with Crippen LogP contribution < -0.4 is 19.3 Å². The van der Waals surface area contributed by atoms with Crippen LogP contribution in [0.3, 0.4) is 0 Å². The summed E-state index contributed by atoms with van der Waals surface area (Å²) in [6, 6.07) is 115. The van der Waals surface area contributed by atoms with Gasteiger partial charge < -0.3 is 19.3 Å². The minimum absolute atomic E-state index is 0.353. The van der Waals surface area contributed by atoms with E-state index in [0.29, 0.717) is 45.3 Å². The Kier molecular flexibility index (Phi) is 17.6. The number of anilines is 6. The molecule has 0 saturated heterocycles. The van der Waals surface area contributed by atoms with Gasteiger partial charge in [0.05, 0.1) is 10.8 Å². The zero-order valence-corrected chi connectivity index (χ0v) is 59.9. The van der Waals surface area contributed by atoms with E-state index in [9.17, 15) is 17.6 Å². The Morgan fingerprint density at radius 1 is 0.261 bits per heavy atom. The molecule has 0 spiro atoms. The van der Waals surface area contributed by atoms with Crippen LogP contribution in [0.5, 0.6) is 23.0 Å². The summed E-state index contributed by atoms with van der Waals surface area (Å²) in [5, 5.41) is 0. The van der Waals surface area contributed by atoms with Gasteiger partial charge in [0.25, 0.3) is 0 Å². The normalized spacial score (nSPS) is 14.4. The molecule has 0 fully saturated rings. The van der Waals surface area contributed by atoms with Crippen molar-refractivity contribution in [3.8, 4) is 78.6 Å². The number of hydrogen-bond donors (Lipinski definition) is 0. The van der Waals surface area contributed by atoms with Crippen LogP contribution in [0.15, 0.2) is 371 Å². The molecule has 0 radical (unpaired) electrons. The topological polar surface area (TPSA) is 24.9 Å². The zero-order valence-electron chi connectivity index (χ0n) is 59.9. The van der Waals surface area contributed by atoms with Crippen LogP contribution in [-0.2, 0) is 10.8 Å². The van der Waals surface area contributed by atoms with Gasteiger partial charge in [0.15, 0.2) is 23.3 Å². The second kappa shape index (κ2) is 28.3. The first-order valence-corrected chi connectivity index (χ1v) is 36.6. The van der Waals surface area contributed by atoms with Gasteiger partial charge in [-0.05, 0) is 282 Å². The number of halogens is 6. The van der Waals surface area contributed by atoms with Crippen molar-refractivity contribution in [1.29, 1.82) is 0 Å². The lowest BCUT2D eigenvalue weighted by Gasteiger charge is -2.35. The molecular formula is C101H66F6N2O2. The summed E-state index contributed by atoms with van der Waals surface area (Å²) >= 11 is 0. The third-order valence-electron chi connectivity index (χ3n) is 21.7. The molecule has 0 bridgehead atoms. The SMILES string of the molecule is C=Cc1ccc(Oc2ccc(C3(c4ccc(F)cc4)c4ccccc4-c4ccc(N(c5ccc(-c6ccc(N(c7ccc(-c8ccc(F)c(F)c8)cc7)c7ccc8c(c7)C(c7ccc(F)cc7)(c7ccc(Oc9ccc(C)cc9)cc7)c7ccccc7-8)cc6)cc5)c5ccc(-c6ccc(F)c(F)c6)cc5)cc43)cc2)cc1. The second-order valence-electron chi connectivity index (χ2n) is 28.0. The minimum atomic E-state index is -0.950. The lowest BCUT2D eigenvalue weighted by Crippen LogP contribution is -2.28. The van der Waals surface area contributed by atoms with Gasteiger partial charge in [0.1, 0.15) is 34.6 Å². The highest BCUT2D eigenvalue weighted by molar-refractivity contribution is 5.93. The van der Waals surface area contributed by atoms with E-state index in [2.05, 4.69) is 150 Å². The highest BCUT2D eigenvalue weighted by Gasteiger charge is 2.48. The Morgan fingerprint density at radius 3 is 0.892 bits per heavy atom. The highest BCUT2D eigenvalue weighted by atomic mass is 19.2. The fourth-order valence-electron chi connectivity index (χ4n) is 16.3. The summed E-state index contributed by atoms with van der Waals surface area (Å²) < 4.78 is 102. The first kappa shape index (κ1) is 68.8. The minimum Gasteiger partial charge on any atom is -0.457 e. The van der Waals surface area contributed by atoms with Crippen LogP contribution in [0, 0.1) is 41.8 Å². The fourth-order valence-corrected chi connectivity index (χ4v) is 16.3. The maximum absolute atomic E-state index is 15.3. The predicted molar refractivity (Wildman–Crippen MR) is 434 cm³/mol. The molecule has 2 unspecified atom stereocenters. The molecule has 2 aliphatic rings. The van der Waals surface area contributed by atoms with Gasteiger partial charge in [0, 0.05) is 34.1 Å². The van der Waals surface area contributed by atoms with E-state index in [0.717, 1.165) is 135 Å². The van der Waals surface area contributed by atoms with Crippen LogP contribution in [0.1, 0.15) is 55.6 Å². The molecule has 111 heavy (non-hydrogen) atoms. The summed E-state index contributed by atoms with van der Waals surface area (Å²) in [6.45, 7) is 5.93. The van der Waals surface area contributed by atoms with Crippen molar-refractivity contribution in [3.05, 3.63) is 461 Å². The number of benzene rings is 16. The van der Waals surface area contributed by atoms with Gasteiger partial charge in [-0.2, -0.15) is 0 Å². The largest absolute Gasteiger partial charge is 0.457 e. The molecule has 0 heterocycles. The third-order valence-corrected chi connectivity index (χ3v) is 21.7. The molecule has 0 aromatic heterocycles.